The molecule has 0 atom stereocenters. The van der Waals surface area contributed by atoms with E-state index in [2.05, 4.69) is 40.1 Å². The van der Waals surface area contributed by atoms with Crippen LogP contribution in [0.4, 0.5) is 0 Å². The quantitative estimate of drug-likeness (QED) is 0.304. The van der Waals surface area contributed by atoms with Gasteiger partial charge < -0.3 is 15.7 Å². The van der Waals surface area contributed by atoms with E-state index in [4.69, 9.17) is 4.99 Å². The van der Waals surface area contributed by atoms with Gasteiger partial charge in [-0.05, 0) is 51.7 Å². The van der Waals surface area contributed by atoms with Gasteiger partial charge in [0.05, 0.1) is 21.7 Å². The van der Waals surface area contributed by atoms with Crippen LogP contribution in [0.3, 0.4) is 0 Å². The Bertz CT molecular complexity index is 723. The average molecular weight is 521 g/mol. The zero-order valence-electron chi connectivity index (χ0n) is 15.9. The average Bonchev–Trinajstić information content (AvgIpc) is 3.26. The summed E-state index contributed by atoms with van der Waals surface area (Å²) in [5.74, 6) is 0.890. The molecule has 0 unspecified atom stereocenters. The van der Waals surface area contributed by atoms with Crippen molar-refractivity contribution in [2.45, 2.75) is 58.1 Å². The zero-order valence-corrected chi connectivity index (χ0v) is 19.9. The van der Waals surface area contributed by atoms with E-state index >= 15 is 0 Å². The molecular weight excluding hydrogens is 491 g/mol. The lowest BCUT2D eigenvalue weighted by Gasteiger charge is -2.27. The van der Waals surface area contributed by atoms with E-state index in [0.717, 1.165) is 61.9 Å². The Labute approximate surface area is 186 Å². The summed E-state index contributed by atoms with van der Waals surface area (Å²) in [7, 11) is 0. The van der Waals surface area contributed by atoms with E-state index in [1.54, 1.807) is 22.7 Å². The lowest BCUT2D eigenvalue weighted by atomic mass is 9.93. The number of aryl methyl sites for hydroxylation is 1. The van der Waals surface area contributed by atoms with Crippen LogP contribution in [0.15, 0.2) is 22.5 Å². The molecule has 27 heavy (non-hydrogen) atoms. The molecule has 0 spiro atoms. The molecule has 0 saturated heterocycles. The molecule has 0 aliphatic heterocycles. The topological polar surface area (TPSA) is 69.5 Å². The number of aliphatic imine (C=N–C) groups is 1. The molecule has 3 N–H and O–H groups in total. The van der Waals surface area contributed by atoms with Gasteiger partial charge in [0, 0.05) is 35.8 Å². The summed E-state index contributed by atoms with van der Waals surface area (Å²) in [5, 5.41) is 19.7. The van der Waals surface area contributed by atoms with E-state index in [1.165, 1.54) is 9.75 Å². The maximum atomic E-state index is 9.64. The molecule has 0 radical (unpaired) electrons. The predicted molar refractivity (Wildman–Crippen MR) is 127 cm³/mol. The second kappa shape index (κ2) is 11.3. The Morgan fingerprint density at radius 1 is 1.30 bits per heavy atom. The van der Waals surface area contributed by atoms with Gasteiger partial charge in [-0.1, -0.05) is 0 Å². The van der Waals surface area contributed by atoms with Gasteiger partial charge in [-0.2, -0.15) is 0 Å². The maximum Gasteiger partial charge on any atom is 0.191 e. The number of aliphatic hydroxyl groups is 1. The largest absolute Gasteiger partial charge is 0.393 e. The third kappa shape index (κ3) is 6.99. The predicted octanol–water partition coefficient (Wildman–Crippen LogP) is 4.20. The van der Waals surface area contributed by atoms with Crippen molar-refractivity contribution in [1.82, 2.24) is 15.6 Å². The fraction of sp³-hybridized carbons (Fsp3) is 0.579. The third-order valence-electron chi connectivity index (χ3n) is 4.54. The maximum absolute atomic E-state index is 9.64. The number of aromatic nitrogens is 1. The smallest absolute Gasteiger partial charge is 0.191 e. The molecule has 1 saturated carbocycles. The van der Waals surface area contributed by atoms with Crippen LogP contribution in [0.5, 0.6) is 0 Å². The van der Waals surface area contributed by atoms with Crippen LogP contribution in [-0.2, 0) is 6.42 Å². The van der Waals surface area contributed by atoms with Crippen LogP contribution in [0.25, 0.3) is 10.6 Å². The number of halogens is 1. The Morgan fingerprint density at radius 3 is 2.74 bits per heavy atom. The highest BCUT2D eigenvalue weighted by Crippen LogP contribution is 2.29. The van der Waals surface area contributed by atoms with Crippen molar-refractivity contribution in [2.75, 3.05) is 13.1 Å². The second-order valence-electron chi connectivity index (χ2n) is 6.68. The van der Waals surface area contributed by atoms with Gasteiger partial charge in [-0.3, -0.25) is 4.99 Å². The number of aliphatic hydroxyl groups excluding tert-OH is 1. The highest BCUT2D eigenvalue weighted by Gasteiger charge is 2.19. The summed E-state index contributed by atoms with van der Waals surface area (Å²) in [4.78, 5) is 11.9. The molecule has 0 bridgehead atoms. The standard InChI is InChI=1S/C19H28N4OS2.HI/c1-3-20-19(23-14-4-6-15(24)7-5-14)21-11-10-16-8-9-18(26-16)17-12-25-13(2)22-17;/h8-9,12,14-15,24H,3-7,10-11H2,1-2H3,(H2,20,21,23);1H. The number of hydrogen-bond donors (Lipinski definition) is 3. The number of hydrogen-bond acceptors (Lipinski definition) is 5. The number of thiophene rings is 1. The molecule has 1 fully saturated rings. The van der Waals surface area contributed by atoms with Crippen molar-refractivity contribution in [3.63, 3.8) is 0 Å². The number of guanidine groups is 1. The van der Waals surface area contributed by atoms with Crippen LogP contribution >= 0.6 is 46.7 Å². The molecule has 5 nitrogen and oxygen atoms in total. The Morgan fingerprint density at radius 2 is 2.07 bits per heavy atom. The minimum atomic E-state index is -0.123. The van der Waals surface area contributed by atoms with Gasteiger partial charge in [0.15, 0.2) is 5.96 Å². The molecule has 2 aromatic heterocycles. The highest BCUT2D eigenvalue weighted by atomic mass is 127. The summed E-state index contributed by atoms with van der Waals surface area (Å²) < 4.78 is 0. The first-order valence-corrected chi connectivity index (χ1v) is 11.1. The van der Waals surface area contributed by atoms with E-state index in [0.29, 0.717) is 6.04 Å². The Hall–Kier alpha value is -0.710. The van der Waals surface area contributed by atoms with Gasteiger partial charge in [0.1, 0.15) is 0 Å². The van der Waals surface area contributed by atoms with Gasteiger partial charge in [0.2, 0.25) is 0 Å². The van der Waals surface area contributed by atoms with Crippen molar-refractivity contribution >= 4 is 52.6 Å². The lowest BCUT2D eigenvalue weighted by Crippen LogP contribution is -2.45. The zero-order chi connectivity index (χ0) is 18.4. The molecule has 1 aliphatic carbocycles. The molecule has 2 heterocycles. The first-order chi connectivity index (χ1) is 12.6. The molecule has 1 aliphatic rings. The molecule has 0 amide bonds. The van der Waals surface area contributed by atoms with Crippen LogP contribution in [0.2, 0.25) is 0 Å². The highest BCUT2D eigenvalue weighted by molar-refractivity contribution is 14.0. The van der Waals surface area contributed by atoms with Crippen molar-refractivity contribution in [1.29, 1.82) is 0 Å². The van der Waals surface area contributed by atoms with Crippen LogP contribution in [0.1, 0.15) is 42.5 Å². The molecule has 150 valence electrons. The monoisotopic (exact) mass is 520 g/mol. The van der Waals surface area contributed by atoms with Gasteiger partial charge >= 0.3 is 0 Å². The van der Waals surface area contributed by atoms with E-state index in [9.17, 15) is 5.11 Å². The number of nitrogens with one attached hydrogen (secondary N) is 2. The van der Waals surface area contributed by atoms with Crippen molar-refractivity contribution in [3.05, 3.63) is 27.4 Å². The van der Waals surface area contributed by atoms with Crippen LogP contribution < -0.4 is 10.6 Å². The number of nitrogens with zero attached hydrogens (tertiary/aromatic N) is 2. The summed E-state index contributed by atoms with van der Waals surface area (Å²) in [6.45, 7) is 5.75. The molecule has 0 aromatic carbocycles. The van der Waals surface area contributed by atoms with Crippen LogP contribution in [-0.4, -0.2) is 41.3 Å². The minimum absolute atomic E-state index is 0. The molecular formula is C19H29IN4OS2. The third-order valence-corrected chi connectivity index (χ3v) is 6.48. The van der Waals surface area contributed by atoms with E-state index in [-0.39, 0.29) is 30.1 Å². The van der Waals surface area contributed by atoms with Gasteiger partial charge in [0.25, 0.3) is 0 Å². The molecule has 8 heteroatoms. The number of thiazole rings is 1. The SMILES string of the molecule is CCNC(=NCCc1ccc(-c2csc(C)n2)s1)NC1CCC(O)CC1.I. The summed E-state index contributed by atoms with van der Waals surface area (Å²) in [6, 6.07) is 4.76. The fourth-order valence-electron chi connectivity index (χ4n) is 3.14. The first kappa shape index (κ1) is 22.6. The lowest BCUT2D eigenvalue weighted by molar-refractivity contribution is 0.120. The number of rotatable bonds is 6. The van der Waals surface area contributed by atoms with Gasteiger partial charge in [-0.15, -0.1) is 46.7 Å². The van der Waals surface area contributed by atoms with Crippen molar-refractivity contribution < 1.29 is 5.11 Å². The summed E-state index contributed by atoms with van der Waals surface area (Å²) in [5.41, 5.74) is 1.08. The van der Waals surface area contributed by atoms with E-state index in [1.807, 2.05) is 6.92 Å². The van der Waals surface area contributed by atoms with Crippen molar-refractivity contribution in [3.8, 4) is 10.6 Å². The minimum Gasteiger partial charge on any atom is -0.393 e. The first-order valence-electron chi connectivity index (χ1n) is 9.38. The van der Waals surface area contributed by atoms with Crippen LogP contribution in [0, 0.1) is 6.92 Å². The molecule has 2 aromatic rings. The normalized spacial score (nSPS) is 20.2. The fourth-order valence-corrected chi connectivity index (χ4v) is 4.78. The van der Waals surface area contributed by atoms with Crippen molar-refractivity contribution in [2.24, 2.45) is 4.99 Å². The Balaban J connectivity index is 0.00000261. The van der Waals surface area contributed by atoms with E-state index < -0.39 is 0 Å². The van der Waals surface area contributed by atoms with Gasteiger partial charge in [-0.25, -0.2) is 4.98 Å². The second-order valence-corrected chi connectivity index (χ2v) is 8.91. The molecule has 3 rings (SSSR count). The Kier molecular flexibility index (Phi) is 9.47. The summed E-state index contributed by atoms with van der Waals surface area (Å²) in [6.07, 6.45) is 4.59. The summed E-state index contributed by atoms with van der Waals surface area (Å²) >= 11 is 3.50.